The first kappa shape index (κ1) is 21.0. The van der Waals surface area contributed by atoms with E-state index in [2.05, 4.69) is 25.3 Å². The molecule has 4 aromatic rings. The van der Waals surface area contributed by atoms with Gasteiger partial charge in [0.05, 0.1) is 30.6 Å². The van der Waals surface area contributed by atoms with Gasteiger partial charge in [0.15, 0.2) is 0 Å². The minimum atomic E-state index is -0.581. The van der Waals surface area contributed by atoms with Crippen molar-refractivity contribution >= 4 is 34.6 Å². The minimum Gasteiger partial charge on any atom is -0.497 e. The van der Waals surface area contributed by atoms with E-state index < -0.39 is 5.97 Å². The monoisotopic (exact) mass is 430 g/mol. The maximum absolute atomic E-state index is 12.5. The van der Waals surface area contributed by atoms with Crippen molar-refractivity contribution in [2.45, 2.75) is 13.8 Å². The lowest BCUT2D eigenvalue weighted by molar-refractivity contribution is 0.0528. The molecule has 32 heavy (non-hydrogen) atoms. The Balaban J connectivity index is 1.78. The highest BCUT2D eigenvalue weighted by Gasteiger charge is 2.22. The quantitative estimate of drug-likeness (QED) is 0.438. The molecule has 9 nitrogen and oxygen atoms in total. The van der Waals surface area contributed by atoms with E-state index in [4.69, 9.17) is 15.2 Å². The maximum Gasteiger partial charge on any atom is 0.344 e. The number of nitrogens with zero attached hydrogens (tertiary/aromatic N) is 4. The van der Waals surface area contributed by atoms with Crippen molar-refractivity contribution in [2.24, 2.45) is 0 Å². The molecule has 9 heteroatoms. The van der Waals surface area contributed by atoms with Gasteiger partial charge in [-0.1, -0.05) is 30.3 Å². The molecule has 0 radical (unpaired) electrons. The van der Waals surface area contributed by atoms with Crippen LogP contribution < -0.4 is 15.8 Å². The van der Waals surface area contributed by atoms with Crippen molar-refractivity contribution in [3.8, 4) is 17.0 Å². The summed E-state index contributed by atoms with van der Waals surface area (Å²) < 4.78 is 10.4. The molecule has 0 saturated heterocycles. The first-order chi connectivity index (χ1) is 15.5. The second-order valence-electron chi connectivity index (χ2n) is 6.88. The molecule has 4 rings (SSSR count). The third-order valence-corrected chi connectivity index (χ3v) is 4.78. The van der Waals surface area contributed by atoms with Gasteiger partial charge in [-0.15, -0.1) is 0 Å². The van der Waals surface area contributed by atoms with E-state index in [1.54, 1.807) is 14.0 Å². The van der Waals surface area contributed by atoms with Crippen LogP contribution in [0.25, 0.3) is 22.2 Å². The Kier molecular flexibility index (Phi) is 5.80. The van der Waals surface area contributed by atoms with Gasteiger partial charge in [-0.2, -0.15) is 4.98 Å². The summed E-state index contributed by atoms with van der Waals surface area (Å²) in [6.07, 6.45) is 0. The second kappa shape index (κ2) is 8.84. The average Bonchev–Trinajstić information content (AvgIpc) is 2.79. The van der Waals surface area contributed by atoms with Gasteiger partial charge >= 0.3 is 5.97 Å². The van der Waals surface area contributed by atoms with Gasteiger partial charge in [0.1, 0.15) is 17.1 Å². The lowest BCUT2D eigenvalue weighted by Gasteiger charge is -2.13. The number of nitrogen functional groups attached to an aromatic ring is 1. The van der Waals surface area contributed by atoms with E-state index in [-0.39, 0.29) is 23.9 Å². The third kappa shape index (κ3) is 4.13. The number of nitrogens with one attached hydrogen (secondary N) is 1. The van der Waals surface area contributed by atoms with Gasteiger partial charge in [0.25, 0.3) is 0 Å². The van der Waals surface area contributed by atoms with Crippen LogP contribution in [0.1, 0.15) is 23.0 Å². The van der Waals surface area contributed by atoms with E-state index >= 15 is 0 Å². The molecule has 2 heterocycles. The Morgan fingerprint density at radius 2 is 1.78 bits per heavy atom. The predicted molar refractivity (Wildman–Crippen MR) is 122 cm³/mol. The van der Waals surface area contributed by atoms with Gasteiger partial charge in [-0.3, -0.25) is 5.32 Å². The fourth-order valence-electron chi connectivity index (χ4n) is 3.29. The van der Waals surface area contributed by atoms with Crippen LogP contribution >= 0.6 is 0 Å². The fraction of sp³-hybridized carbons (Fsp3) is 0.174. The number of methoxy groups -OCH3 is 1. The molecule has 0 aliphatic rings. The van der Waals surface area contributed by atoms with Crippen LogP contribution in [0.4, 0.5) is 17.7 Å². The standard InChI is InChI=1S/C23H22N6O3/c1-4-32-21(30)18-19(14-8-6-5-7-9-14)27-23(28-20(18)24)29-22-25-13(2)16-12-15(31-3)10-11-17(16)26-22/h5-12H,4H2,1-3H3,(H3,24,25,26,27,28,29). The Hall–Kier alpha value is -4.27. The highest BCUT2D eigenvalue weighted by atomic mass is 16.5. The Morgan fingerprint density at radius 3 is 2.50 bits per heavy atom. The summed E-state index contributed by atoms with van der Waals surface area (Å²) in [7, 11) is 1.61. The van der Waals surface area contributed by atoms with E-state index in [0.717, 1.165) is 22.3 Å². The molecule has 0 atom stereocenters. The number of carbonyl (C=O) groups excluding carboxylic acids is 1. The van der Waals surface area contributed by atoms with Crippen LogP contribution in [0.5, 0.6) is 5.75 Å². The highest BCUT2D eigenvalue weighted by molar-refractivity contribution is 6.00. The number of hydrogen-bond donors (Lipinski definition) is 2. The van der Waals surface area contributed by atoms with Gasteiger partial charge in [0, 0.05) is 10.9 Å². The summed E-state index contributed by atoms with van der Waals surface area (Å²) in [5, 5.41) is 3.88. The van der Waals surface area contributed by atoms with Crippen LogP contribution in [-0.2, 0) is 4.74 Å². The Morgan fingerprint density at radius 1 is 1.03 bits per heavy atom. The summed E-state index contributed by atoms with van der Waals surface area (Å²) in [5.74, 6) is 0.622. The number of esters is 1. The SMILES string of the molecule is CCOC(=O)c1c(N)nc(Nc2nc(C)c3cc(OC)ccc3n2)nc1-c1ccccc1. The highest BCUT2D eigenvalue weighted by Crippen LogP contribution is 2.28. The van der Waals surface area contributed by atoms with Crippen molar-refractivity contribution < 1.29 is 14.3 Å². The molecule has 2 aromatic carbocycles. The minimum absolute atomic E-state index is 0.00190. The largest absolute Gasteiger partial charge is 0.497 e. The topological polar surface area (TPSA) is 125 Å². The predicted octanol–water partition coefficient (Wildman–Crippen LogP) is 3.91. The Bertz CT molecular complexity index is 1290. The molecule has 0 aliphatic carbocycles. The molecule has 0 unspecified atom stereocenters. The number of fused-ring (bicyclic) bond motifs is 1. The van der Waals surface area contributed by atoms with Crippen molar-refractivity contribution in [1.82, 2.24) is 19.9 Å². The number of benzene rings is 2. The van der Waals surface area contributed by atoms with Crippen molar-refractivity contribution in [1.29, 1.82) is 0 Å². The number of rotatable bonds is 6. The first-order valence-corrected chi connectivity index (χ1v) is 9.99. The number of carbonyl (C=O) groups is 1. The molecule has 0 aliphatic heterocycles. The van der Waals surface area contributed by atoms with Crippen molar-refractivity contribution in [2.75, 3.05) is 24.8 Å². The first-order valence-electron chi connectivity index (χ1n) is 9.99. The molecule has 0 spiro atoms. The molecule has 0 bridgehead atoms. The molecule has 162 valence electrons. The summed E-state index contributed by atoms with van der Waals surface area (Å²) >= 11 is 0. The molecule has 0 saturated carbocycles. The normalized spacial score (nSPS) is 10.7. The number of ether oxygens (including phenoxy) is 2. The summed E-state index contributed by atoms with van der Waals surface area (Å²) in [6.45, 7) is 3.81. The van der Waals surface area contributed by atoms with Crippen LogP contribution in [0.3, 0.4) is 0 Å². The zero-order chi connectivity index (χ0) is 22.7. The number of hydrogen-bond acceptors (Lipinski definition) is 9. The number of nitrogens with two attached hydrogens (primary N) is 1. The van der Waals surface area contributed by atoms with Gasteiger partial charge < -0.3 is 15.2 Å². The molecule has 0 fully saturated rings. The molecular weight excluding hydrogens is 408 g/mol. The molecule has 3 N–H and O–H groups in total. The van der Waals surface area contributed by atoms with Gasteiger partial charge in [0.2, 0.25) is 11.9 Å². The van der Waals surface area contributed by atoms with Crippen LogP contribution in [0.2, 0.25) is 0 Å². The smallest absolute Gasteiger partial charge is 0.344 e. The zero-order valence-corrected chi connectivity index (χ0v) is 17.9. The Labute approximate surface area is 184 Å². The average molecular weight is 430 g/mol. The van der Waals surface area contributed by atoms with Crippen LogP contribution in [-0.4, -0.2) is 39.6 Å². The fourth-order valence-corrected chi connectivity index (χ4v) is 3.29. The summed E-state index contributed by atoms with van der Waals surface area (Å²) in [4.78, 5) is 30.4. The number of anilines is 3. The zero-order valence-electron chi connectivity index (χ0n) is 17.9. The molecular formula is C23H22N6O3. The second-order valence-corrected chi connectivity index (χ2v) is 6.88. The lowest BCUT2D eigenvalue weighted by Crippen LogP contribution is -2.14. The van der Waals surface area contributed by atoms with Crippen molar-refractivity contribution in [3.05, 3.63) is 59.8 Å². The van der Waals surface area contributed by atoms with E-state index in [0.29, 0.717) is 17.2 Å². The van der Waals surface area contributed by atoms with Crippen molar-refractivity contribution in [3.63, 3.8) is 0 Å². The molecule has 2 aromatic heterocycles. The van der Waals surface area contributed by atoms with Crippen LogP contribution in [0.15, 0.2) is 48.5 Å². The number of aromatic nitrogens is 4. The number of aryl methyl sites for hydroxylation is 1. The van der Waals surface area contributed by atoms with E-state index in [9.17, 15) is 4.79 Å². The summed E-state index contributed by atoms with van der Waals surface area (Å²) in [6, 6.07) is 14.8. The van der Waals surface area contributed by atoms with E-state index in [1.807, 2.05) is 55.5 Å². The van der Waals surface area contributed by atoms with E-state index in [1.165, 1.54) is 0 Å². The summed E-state index contributed by atoms with van der Waals surface area (Å²) in [5.41, 5.74) is 8.83. The van der Waals surface area contributed by atoms with Gasteiger partial charge in [-0.05, 0) is 32.0 Å². The maximum atomic E-state index is 12.5. The van der Waals surface area contributed by atoms with Crippen LogP contribution in [0, 0.1) is 6.92 Å². The third-order valence-electron chi connectivity index (χ3n) is 4.78. The molecule has 0 amide bonds. The van der Waals surface area contributed by atoms with Gasteiger partial charge in [-0.25, -0.2) is 19.7 Å². The lowest BCUT2D eigenvalue weighted by atomic mass is 10.1.